The highest BCUT2D eigenvalue weighted by Crippen LogP contribution is 2.43. The van der Waals surface area contributed by atoms with Gasteiger partial charge in [0.2, 0.25) is 0 Å². The number of hydrogen-bond acceptors (Lipinski definition) is 1. The lowest BCUT2D eigenvalue weighted by atomic mass is 10.3. The summed E-state index contributed by atoms with van der Waals surface area (Å²) in [5, 5.41) is 4.32. The van der Waals surface area contributed by atoms with Gasteiger partial charge in [0, 0.05) is 0 Å². The first-order valence-corrected chi connectivity index (χ1v) is 4.63. The molecule has 0 aliphatic heterocycles. The van der Waals surface area contributed by atoms with Crippen LogP contribution in [0.4, 0.5) is 0 Å². The normalized spacial score (nSPS) is 20.3. The molecule has 1 fully saturated rings. The van der Waals surface area contributed by atoms with E-state index in [4.69, 9.17) is 0 Å². The highest BCUT2D eigenvalue weighted by Gasteiger charge is 2.41. The van der Waals surface area contributed by atoms with Crippen molar-refractivity contribution in [2.75, 3.05) is 0 Å². The van der Waals surface area contributed by atoms with Crippen molar-refractivity contribution in [2.45, 2.75) is 32.2 Å². The molecule has 1 aromatic heterocycles. The van der Waals surface area contributed by atoms with E-state index < -0.39 is 0 Å². The van der Waals surface area contributed by atoms with Gasteiger partial charge < -0.3 is 0 Å². The van der Waals surface area contributed by atoms with Gasteiger partial charge in [-0.3, -0.25) is 4.68 Å². The van der Waals surface area contributed by atoms with Crippen LogP contribution in [0.5, 0.6) is 0 Å². The third-order valence-corrected chi connectivity index (χ3v) is 3.21. The van der Waals surface area contributed by atoms with Crippen molar-refractivity contribution >= 4 is 15.9 Å². The van der Waals surface area contributed by atoms with Crippen LogP contribution in [0.2, 0.25) is 0 Å². The summed E-state index contributed by atoms with van der Waals surface area (Å²) in [5.74, 6) is 0. The average Bonchev–Trinajstić information content (AvgIpc) is 2.60. The Hall–Kier alpha value is -0.310. The molecule has 60 valence electrons. The summed E-state index contributed by atoms with van der Waals surface area (Å²) in [6.45, 7) is 4.35. The lowest BCUT2D eigenvalue weighted by Gasteiger charge is -2.10. The van der Waals surface area contributed by atoms with Crippen LogP contribution < -0.4 is 0 Å². The first-order chi connectivity index (χ1) is 5.13. The van der Waals surface area contributed by atoms with E-state index in [1.165, 1.54) is 18.5 Å². The number of hydrogen-bond donors (Lipinski definition) is 0. The fourth-order valence-corrected chi connectivity index (χ4v) is 1.59. The van der Waals surface area contributed by atoms with E-state index in [0.29, 0.717) is 5.54 Å². The molecule has 1 aliphatic rings. The maximum absolute atomic E-state index is 4.32. The van der Waals surface area contributed by atoms with Crippen LogP contribution >= 0.6 is 15.9 Å². The molecule has 0 spiro atoms. The zero-order chi connectivity index (χ0) is 8.06. The molecule has 1 heterocycles. The van der Waals surface area contributed by atoms with E-state index in [-0.39, 0.29) is 0 Å². The van der Waals surface area contributed by atoms with E-state index >= 15 is 0 Å². The number of halogens is 1. The predicted molar refractivity (Wildman–Crippen MR) is 47.5 cm³/mol. The Bertz CT molecular complexity index is 286. The Morgan fingerprint density at radius 2 is 2.27 bits per heavy atom. The molecule has 11 heavy (non-hydrogen) atoms. The molecule has 0 atom stereocenters. The number of rotatable bonds is 1. The molecule has 2 rings (SSSR count). The van der Waals surface area contributed by atoms with E-state index in [1.807, 2.05) is 6.20 Å². The molecule has 0 aromatic carbocycles. The van der Waals surface area contributed by atoms with Crippen LogP contribution in [-0.4, -0.2) is 9.78 Å². The van der Waals surface area contributed by atoms with Gasteiger partial charge in [0.1, 0.15) is 0 Å². The molecule has 0 N–H and O–H groups in total. The molecule has 0 amide bonds. The second-order valence-electron chi connectivity index (χ2n) is 3.49. The largest absolute Gasteiger partial charge is 0.263 e. The van der Waals surface area contributed by atoms with Crippen LogP contribution in [0.15, 0.2) is 10.7 Å². The predicted octanol–water partition coefficient (Wildman–Crippen LogP) is 2.46. The molecule has 1 saturated carbocycles. The summed E-state index contributed by atoms with van der Waals surface area (Å²) in [4.78, 5) is 0. The number of aromatic nitrogens is 2. The molecule has 0 unspecified atom stereocenters. The van der Waals surface area contributed by atoms with E-state index in [0.717, 1.165) is 4.47 Å². The Morgan fingerprint density at radius 3 is 2.64 bits per heavy atom. The first-order valence-electron chi connectivity index (χ1n) is 3.84. The molecule has 3 heteroatoms. The van der Waals surface area contributed by atoms with Crippen LogP contribution in [0.3, 0.4) is 0 Å². The molecule has 0 bridgehead atoms. The minimum atomic E-state index is 0.329. The van der Waals surface area contributed by atoms with Crippen LogP contribution in [0.1, 0.15) is 25.5 Å². The summed E-state index contributed by atoms with van der Waals surface area (Å²) in [5.41, 5.74) is 1.57. The van der Waals surface area contributed by atoms with E-state index in [9.17, 15) is 0 Å². The van der Waals surface area contributed by atoms with Gasteiger partial charge in [-0.2, -0.15) is 5.10 Å². The molecule has 1 aliphatic carbocycles. The van der Waals surface area contributed by atoms with Crippen molar-refractivity contribution in [1.29, 1.82) is 0 Å². The monoisotopic (exact) mass is 214 g/mol. The average molecular weight is 215 g/mol. The summed E-state index contributed by atoms with van der Waals surface area (Å²) < 4.78 is 3.24. The quantitative estimate of drug-likeness (QED) is 0.703. The van der Waals surface area contributed by atoms with Crippen LogP contribution in [0, 0.1) is 6.92 Å². The zero-order valence-corrected chi connectivity index (χ0v) is 8.35. The van der Waals surface area contributed by atoms with Crippen molar-refractivity contribution in [2.24, 2.45) is 0 Å². The highest BCUT2D eigenvalue weighted by molar-refractivity contribution is 9.10. The Labute approximate surface area is 74.7 Å². The van der Waals surface area contributed by atoms with Gasteiger partial charge in [-0.1, -0.05) is 0 Å². The van der Waals surface area contributed by atoms with Crippen molar-refractivity contribution in [3.63, 3.8) is 0 Å². The van der Waals surface area contributed by atoms with Gasteiger partial charge in [-0.25, -0.2) is 0 Å². The minimum Gasteiger partial charge on any atom is -0.263 e. The smallest absolute Gasteiger partial charge is 0.0635 e. The lowest BCUT2D eigenvalue weighted by molar-refractivity contribution is 0.461. The van der Waals surface area contributed by atoms with Crippen molar-refractivity contribution in [1.82, 2.24) is 9.78 Å². The standard InChI is InChI=1S/C8H11BrN2/c1-6-7(9)5-10-11(6)8(2)3-4-8/h5H,3-4H2,1-2H3. The van der Waals surface area contributed by atoms with Gasteiger partial charge in [0.25, 0.3) is 0 Å². The van der Waals surface area contributed by atoms with Gasteiger partial charge >= 0.3 is 0 Å². The van der Waals surface area contributed by atoms with Gasteiger partial charge in [-0.05, 0) is 42.6 Å². The maximum atomic E-state index is 4.32. The Morgan fingerprint density at radius 1 is 1.64 bits per heavy atom. The summed E-state index contributed by atoms with van der Waals surface area (Å²) >= 11 is 3.45. The topological polar surface area (TPSA) is 17.8 Å². The van der Waals surface area contributed by atoms with Gasteiger partial charge in [0.05, 0.1) is 21.9 Å². The molecular formula is C8H11BrN2. The van der Waals surface area contributed by atoms with E-state index in [2.05, 4.69) is 39.6 Å². The summed E-state index contributed by atoms with van der Waals surface area (Å²) in [7, 11) is 0. The van der Waals surface area contributed by atoms with Crippen molar-refractivity contribution in [3.8, 4) is 0 Å². The second-order valence-corrected chi connectivity index (χ2v) is 4.34. The second kappa shape index (κ2) is 2.09. The van der Waals surface area contributed by atoms with Gasteiger partial charge in [0.15, 0.2) is 0 Å². The maximum Gasteiger partial charge on any atom is 0.0635 e. The first kappa shape index (κ1) is 7.35. The van der Waals surface area contributed by atoms with Crippen molar-refractivity contribution < 1.29 is 0 Å². The van der Waals surface area contributed by atoms with Crippen molar-refractivity contribution in [3.05, 3.63) is 16.4 Å². The van der Waals surface area contributed by atoms with E-state index in [1.54, 1.807) is 0 Å². The highest BCUT2D eigenvalue weighted by atomic mass is 79.9. The number of nitrogens with zero attached hydrogens (tertiary/aromatic N) is 2. The lowest BCUT2D eigenvalue weighted by Crippen LogP contribution is -2.15. The van der Waals surface area contributed by atoms with Crippen LogP contribution in [-0.2, 0) is 5.54 Å². The fourth-order valence-electron chi connectivity index (χ4n) is 1.33. The fraction of sp³-hybridized carbons (Fsp3) is 0.625. The summed E-state index contributed by atoms with van der Waals surface area (Å²) in [6, 6.07) is 0. The van der Waals surface area contributed by atoms with Crippen LogP contribution in [0.25, 0.3) is 0 Å². The van der Waals surface area contributed by atoms with Gasteiger partial charge in [-0.15, -0.1) is 0 Å². The third kappa shape index (κ3) is 1.02. The molecule has 0 radical (unpaired) electrons. The SMILES string of the molecule is Cc1c(Br)cnn1C1(C)CC1. The molecule has 0 saturated heterocycles. The minimum absolute atomic E-state index is 0.329. The Kier molecular flexibility index (Phi) is 1.40. The Balaban J connectivity index is 2.45. The third-order valence-electron chi connectivity index (χ3n) is 2.43. The molecule has 1 aromatic rings. The summed E-state index contributed by atoms with van der Waals surface area (Å²) in [6.07, 6.45) is 4.41. The zero-order valence-electron chi connectivity index (χ0n) is 6.76. The molecule has 2 nitrogen and oxygen atoms in total. The molecular weight excluding hydrogens is 204 g/mol.